The Labute approximate surface area is 172 Å². The van der Waals surface area contributed by atoms with Gasteiger partial charge in [-0.15, -0.1) is 0 Å². The zero-order chi connectivity index (χ0) is 19.9. The Morgan fingerprint density at radius 2 is 2.00 bits per heavy atom. The number of ether oxygens (including phenoxy) is 1. The molecule has 28 heavy (non-hydrogen) atoms. The van der Waals surface area contributed by atoms with Crippen molar-refractivity contribution in [3.8, 4) is 5.75 Å². The number of carbonyl (C=O) groups is 1. The van der Waals surface area contributed by atoms with Crippen LogP contribution in [-0.2, 0) is 11.3 Å². The molecule has 0 aromatic heterocycles. The lowest BCUT2D eigenvalue weighted by Crippen LogP contribution is -2.46. The predicted molar refractivity (Wildman–Crippen MR) is 114 cm³/mol. The number of rotatable bonds is 7. The van der Waals surface area contributed by atoms with Crippen molar-refractivity contribution in [3.63, 3.8) is 0 Å². The molecule has 0 aliphatic carbocycles. The maximum absolute atomic E-state index is 12.7. The van der Waals surface area contributed by atoms with Gasteiger partial charge in [0.1, 0.15) is 12.4 Å². The van der Waals surface area contributed by atoms with Crippen molar-refractivity contribution in [3.05, 3.63) is 64.7 Å². The molecule has 0 bridgehead atoms. The van der Waals surface area contributed by atoms with Crippen LogP contribution < -0.4 is 10.1 Å². The van der Waals surface area contributed by atoms with E-state index in [2.05, 4.69) is 16.3 Å². The fourth-order valence-electron chi connectivity index (χ4n) is 3.54. The summed E-state index contributed by atoms with van der Waals surface area (Å²) in [6, 6.07) is 15.8. The third kappa shape index (κ3) is 5.98. The summed E-state index contributed by atoms with van der Waals surface area (Å²) in [4.78, 5) is 15.0. The lowest BCUT2D eigenvalue weighted by atomic mass is 9.96. The quantitative estimate of drug-likeness (QED) is 0.746. The summed E-state index contributed by atoms with van der Waals surface area (Å²) < 4.78 is 5.78. The van der Waals surface area contributed by atoms with Crippen LogP contribution in [0.2, 0.25) is 5.02 Å². The van der Waals surface area contributed by atoms with Gasteiger partial charge >= 0.3 is 0 Å². The fraction of sp³-hybridized carbons (Fsp3) is 0.435. The molecule has 2 aromatic carbocycles. The molecular formula is C23H29ClN2O2. The molecule has 2 unspecified atom stereocenters. The van der Waals surface area contributed by atoms with Crippen LogP contribution in [0.25, 0.3) is 0 Å². The molecule has 1 N–H and O–H groups in total. The first-order valence-corrected chi connectivity index (χ1v) is 10.3. The summed E-state index contributed by atoms with van der Waals surface area (Å²) in [6.07, 6.45) is 1.95. The summed E-state index contributed by atoms with van der Waals surface area (Å²) in [5.74, 6) is 0.956. The highest BCUT2D eigenvalue weighted by atomic mass is 35.5. The van der Waals surface area contributed by atoms with Crippen molar-refractivity contribution in [2.45, 2.75) is 39.3 Å². The van der Waals surface area contributed by atoms with E-state index in [1.807, 2.05) is 56.3 Å². The van der Waals surface area contributed by atoms with Gasteiger partial charge in [-0.05, 0) is 57.0 Å². The molecule has 0 spiro atoms. The number of nitrogens with one attached hydrogen (secondary N) is 1. The second-order valence-corrected chi connectivity index (χ2v) is 8.11. The second kappa shape index (κ2) is 9.94. The van der Waals surface area contributed by atoms with Gasteiger partial charge < -0.3 is 10.1 Å². The van der Waals surface area contributed by atoms with Crippen molar-refractivity contribution < 1.29 is 9.53 Å². The molecule has 1 amide bonds. The minimum absolute atomic E-state index is 0.0121. The summed E-state index contributed by atoms with van der Waals surface area (Å²) in [5.41, 5.74) is 2.32. The summed E-state index contributed by atoms with van der Waals surface area (Å²) >= 11 is 6.29. The van der Waals surface area contributed by atoms with Crippen molar-refractivity contribution in [2.24, 2.45) is 5.92 Å². The Balaban J connectivity index is 1.46. The lowest BCUT2D eigenvalue weighted by Gasteiger charge is -2.32. The largest absolute Gasteiger partial charge is 0.491 e. The van der Waals surface area contributed by atoms with Gasteiger partial charge in [0.25, 0.3) is 0 Å². The maximum atomic E-state index is 12.7. The third-order valence-electron chi connectivity index (χ3n) is 5.14. The average Bonchev–Trinajstić information content (AvgIpc) is 2.69. The zero-order valence-electron chi connectivity index (χ0n) is 16.7. The normalized spacial score (nSPS) is 18.5. The molecule has 1 heterocycles. The van der Waals surface area contributed by atoms with E-state index in [9.17, 15) is 4.79 Å². The lowest BCUT2D eigenvalue weighted by molar-refractivity contribution is -0.127. The first-order valence-electron chi connectivity index (χ1n) is 9.97. The van der Waals surface area contributed by atoms with Crippen LogP contribution in [0.3, 0.4) is 0 Å². The van der Waals surface area contributed by atoms with Crippen LogP contribution in [0.5, 0.6) is 5.75 Å². The average molecular weight is 401 g/mol. The Hall–Kier alpha value is -2.04. The molecule has 2 aromatic rings. The van der Waals surface area contributed by atoms with Gasteiger partial charge in [-0.1, -0.05) is 47.5 Å². The van der Waals surface area contributed by atoms with Crippen molar-refractivity contribution in [2.75, 3.05) is 19.7 Å². The van der Waals surface area contributed by atoms with Gasteiger partial charge in [-0.3, -0.25) is 9.69 Å². The van der Waals surface area contributed by atoms with E-state index in [-0.39, 0.29) is 17.9 Å². The monoisotopic (exact) mass is 400 g/mol. The first-order chi connectivity index (χ1) is 13.5. The Morgan fingerprint density at radius 3 is 2.75 bits per heavy atom. The van der Waals surface area contributed by atoms with E-state index < -0.39 is 0 Å². The molecule has 0 saturated carbocycles. The molecule has 0 radical (unpaired) electrons. The number of benzene rings is 2. The molecule has 2 atom stereocenters. The highest BCUT2D eigenvalue weighted by molar-refractivity contribution is 6.31. The fourth-order valence-corrected chi connectivity index (χ4v) is 3.73. The molecule has 150 valence electrons. The number of nitrogens with zero attached hydrogens (tertiary/aromatic N) is 1. The number of aryl methyl sites for hydroxylation is 1. The maximum Gasteiger partial charge on any atom is 0.224 e. The highest BCUT2D eigenvalue weighted by Crippen LogP contribution is 2.22. The molecule has 4 nitrogen and oxygen atoms in total. The van der Waals surface area contributed by atoms with Gasteiger partial charge in [-0.2, -0.15) is 0 Å². The van der Waals surface area contributed by atoms with Crippen molar-refractivity contribution in [1.29, 1.82) is 0 Å². The van der Waals surface area contributed by atoms with Crippen LogP contribution in [-0.4, -0.2) is 36.5 Å². The number of halogens is 1. The van der Waals surface area contributed by atoms with Crippen LogP contribution in [0.4, 0.5) is 0 Å². The van der Waals surface area contributed by atoms with E-state index in [0.29, 0.717) is 6.61 Å². The van der Waals surface area contributed by atoms with Gasteiger partial charge in [0, 0.05) is 18.1 Å². The number of piperidine rings is 1. The SMILES string of the molecule is Cc1ccc(OCC(C)NC(=O)C2CCCN(Cc3ccccc3Cl)C2)cc1. The van der Waals surface area contributed by atoms with E-state index in [1.165, 1.54) is 5.56 Å². The molecule has 3 rings (SSSR count). The predicted octanol–water partition coefficient (Wildman–Crippen LogP) is 4.44. The highest BCUT2D eigenvalue weighted by Gasteiger charge is 2.26. The third-order valence-corrected chi connectivity index (χ3v) is 5.51. The molecule has 1 saturated heterocycles. The number of likely N-dealkylation sites (tertiary alicyclic amines) is 1. The Morgan fingerprint density at radius 1 is 1.25 bits per heavy atom. The molecule has 1 fully saturated rings. The van der Waals surface area contributed by atoms with Crippen molar-refractivity contribution in [1.82, 2.24) is 10.2 Å². The number of carbonyl (C=O) groups excluding carboxylic acids is 1. The van der Waals surface area contributed by atoms with Crippen LogP contribution >= 0.6 is 11.6 Å². The van der Waals surface area contributed by atoms with Crippen LogP contribution in [0.15, 0.2) is 48.5 Å². The smallest absolute Gasteiger partial charge is 0.224 e. The minimum atomic E-state index is -0.0345. The molecule has 1 aliphatic heterocycles. The van der Waals surface area contributed by atoms with Gasteiger partial charge in [0.05, 0.1) is 12.0 Å². The van der Waals surface area contributed by atoms with E-state index in [1.54, 1.807) is 0 Å². The van der Waals surface area contributed by atoms with Crippen molar-refractivity contribution >= 4 is 17.5 Å². The van der Waals surface area contributed by atoms with Gasteiger partial charge in [-0.25, -0.2) is 0 Å². The van der Waals surface area contributed by atoms with E-state index in [0.717, 1.165) is 48.8 Å². The van der Waals surface area contributed by atoms with Crippen LogP contribution in [0, 0.1) is 12.8 Å². The zero-order valence-corrected chi connectivity index (χ0v) is 17.4. The van der Waals surface area contributed by atoms with Crippen LogP contribution in [0.1, 0.15) is 30.9 Å². The summed E-state index contributed by atoms with van der Waals surface area (Å²) in [5, 5.41) is 3.90. The number of hydrogen-bond donors (Lipinski definition) is 1. The number of amides is 1. The Kier molecular flexibility index (Phi) is 7.35. The van der Waals surface area contributed by atoms with E-state index >= 15 is 0 Å². The topological polar surface area (TPSA) is 41.6 Å². The summed E-state index contributed by atoms with van der Waals surface area (Å²) in [7, 11) is 0. The van der Waals surface area contributed by atoms with E-state index in [4.69, 9.17) is 16.3 Å². The summed E-state index contributed by atoms with van der Waals surface area (Å²) in [6.45, 7) is 7.05. The minimum Gasteiger partial charge on any atom is -0.491 e. The van der Waals surface area contributed by atoms with Gasteiger partial charge in [0.15, 0.2) is 0 Å². The Bertz CT molecular complexity index is 778. The standard InChI is InChI=1S/C23H29ClN2O2/c1-17-9-11-21(12-10-17)28-16-18(2)25-23(27)20-7-5-13-26(15-20)14-19-6-3-4-8-22(19)24/h3-4,6,8-12,18,20H,5,7,13-16H2,1-2H3,(H,25,27). The number of hydrogen-bond acceptors (Lipinski definition) is 3. The van der Waals surface area contributed by atoms with Gasteiger partial charge in [0.2, 0.25) is 5.91 Å². The first kappa shape index (κ1) is 20.7. The second-order valence-electron chi connectivity index (χ2n) is 7.70. The molecular weight excluding hydrogens is 372 g/mol. The molecule has 1 aliphatic rings. The molecule has 5 heteroatoms.